The van der Waals surface area contributed by atoms with Gasteiger partial charge >= 0.3 is 0 Å². The standard InChI is InChI=1S/C22H35N3OS.HI/c1-3-23-22(25-19-12-8-13-20(15-19)27(26)4-2)24-16-18-11-7-10-17-9-5-6-14-21(17)18;/h5-6,9,14,18-20H,3-4,7-8,10-13,15-16H2,1-2H3,(H2,23,24,25);1H. The molecule has 1 aromatic carbocycles. The number of halogens is 1. The molecule has 1 aromatic rings. The van der Waals surface area contributed by atoms with Crippen molar-refractivity contribution in [2.24, 2.45) is 4.99 Å². The first-order chi connectivity index (χ1) is 13.2. The Morgan fingerprint density at radius 1 is 1.18 bits per heavy atom. The van der Waals surface area contributed by atoms with Gasteiger partial charge in [-0.05, 0) is 56.6 Å². The average molecular weight is 518 g/mol. The second-order valence-corrected chi connectivity index (χ2v) is 9.81. The molecule has 4 nitrogen and oxygen atoms in total. The van der Waals surface area contributed by atoms with Gasteiger partial charge in [0.15, 0.2) is 5.96 Å². The van der Waals surface area contributed by atoms with E-state index in [-0.39, 0.29) is 24.0 Å². The Kier molecular flexibility index (Phi) is 10.3. The van der Waals surface area contributed by atoms with E-state index in [0.29, 0.717) is 17.2 Å². The second kappa shape index (κ2) is 12.2. The molecule has 0 aliphatic heterocycles. The molecule has 2 aliphatic carbocycles. The van der Waals surface area contributed by atoms with Crippen molar-refractivity contribution in [1.82, 2.24) is 10.6 Å². The van der Waals surface area contributed by atoms with E-state index in [0.717, 1.165) is 50.5 Å². The Morgan fingerprint density at radius 3 is 2.79 bits per heavy atom. The molecule has 1 saturated carbocycles. The molecule has 6 heteroatoms. The Morgan fingerprint density at radius 2 is 2.00 bits per heavy atom. The number of nitrogens with zero attached hydrogens (tertiary/aromatic N) is 1. The molecule has 0 bridgehead atoms. The molecule has 28 heavy (non-hydrogen) atoms. The van der Waals surface area contributed by atoms with Crippen LogP contribution in [0.1, 0.15) is 69.4 Å². The van der Waals surface area contributed by atoms with Crippen LogP contribution in [0.4, 0.5) is 0 Å². The van der Waals surface area contributed by atoms with E-state index in [1.54, 1.807) is 0 Å². The molecule has 0 heterocycles. The van der Waals surface area contributed by atoms with Crippen LogP contribution >= 0.6 is 24.0 Å². The Balaban J connectivity index is 0.00000280. The summed E-state index contributed by atoms with van der Waals surface area (Å²) in [6.45, 7) is 5.84. The number of rotatable bonds is 6. The highest BCUT2D eigenvalue weighted by atomic mass is 127. The van der Waals surface area contributed by atoms with Crippen molar-refractivity contribution in [3.05, 3.63) is 35.4 Å². The van der Waals surface area contributed by atoms with Gasteiger partial charge in [0.25, 0.3) is 0 Å². The lowest BCUT2D eigenvalue weighted by Gasteiger charge is -2.30. The molecule has 2 N–H and O–H groups in total. The van der Waals surface area contributed by atoms with E-state index in [2.05, 4.69) is 41.8 Å². The summed E-state index contributed by atoms with van der Waals surface area (Å²) in [5.74, 6) is 2.22. The summed E-state index contributed by atoms with van der Waals surface area (Å²) in [5.41, 5.74) is 2.98. The molecule has 158 valence electrons. The molecule has 0 radical (unpaired) electrons. The number of fused-ring (bicyclic) bond motifs is 1. The monoisotopic (exact) mass is 517 g/mol. The fourth-order valence-corrected chi connectivity index (χ4v) is 5.86. The number of hydrogen-bond acceptors (Lipinski definition) is 2. The van der Waals surface area contributed by atoms with Gasteiger partial charge < -0.3 is 10.6 Å². The van der Waals surface area contributed by atoms with Gasteiger partial charge in [-0.3, -0.25) is 9.20 Å². The summed E-state index contributed by atoms with van der Waals surface area (Å²) in [5, 5.41) is 7.39. The Hall–Kier alpha value is -0.630. The lowest BCUT2D eigenvalue weighted by molar-refractivity contribution is 0.413. The van der Waals surface area contributed by atoms with Crippen LogP contribution in [0.5, 0.6) is 0 Å². The minimum atomic E-state index is -0.685. The normalized spacial score (nSPS) is 25.9. The molecule has 4 atom stereocenters. The SMILES string of the molecule is CCNC(=NCC1CCCc2ccccc21)NC1CCCC(S(=O)CC)C1.I. The van der Waals surface area contributed by atoms with Crippen molar-refractivity contribution in [2.45, 2.75) is 76.0 Å². The zero-order valence-corrected chi connectivity index (χ0v) is 20.4. The van der Waals surface area contributed by atoms with Crippen LogP contribution in [0.3, 0.4) is 0 Å². The highest BCUT2D eigenvalue weighted by molar-refractivity contribution is 14.0. The molecule has 0 spiro atoms. The van der Waals surface area contributed by atoms with Crippen molar-refractivity contribution >= 4 is 40.7 Å². The van der Waals surface area contributed by atoms with E-state index in [1.165, 1.54) is 30.4 Å². The highest BCUT2D eigenvalue weighted by Crippen LogP contribution is 2.31. The number of benzene rings is 1. The molecule has 3 rings (SSSR count). The Labute approximate surface area is 190 Å². The van der Waals surface area contributed by atoms with E-state index in [4.69, 9.17) is 4.99 Å². The maximum absolute atomic E-state index is 12.2. The van der Waals surface area contributed by atoms with Gasteiger partial charge in [-0.25, -0.2) is 0 Å². The minimum absolute atomic E-state index is 0. The zero-order chi connectivity index (χ0) is 19.1. The van der Waals surface area contributed by atoms with Gasteiger partial charge in [0.05, 0.1) is 0 Å². The first kappa shape index (κ1) is 23.6. The molecule has 0 saturated heterocycles. The molecule has 2 aliphatic rings. The van der Waals surface area contributed by atoms with Crippen LogP contribution in [0.25, 0.3) is 0 Å². The van der Waals surface area contributed by atoms with Gasteiger partial charge in [-0.2, -0.15) is 0 Å². The lowest BCUT2D eigenvalue weighted by atomic mass is 9.83. The summed E-state index contributed by atoms with van der Waals surface area (Å²) in [6, 6.07) is 9.23. The number of hydrogen-bond donors (Lipinski definition) is 2. The van der Waals surface area contributed by atoms with Crippen LogP contribution in [0, 0.1) is 0 Å². The fraction of sp³-hybridized carbons (Fsp3) is 0.682. The quantitative estimate of drug-likeness (QED) is 0.335. The third kappa shape index (κ3) is 6.44. The predicted octanol–water partition coefficient (Wildman–Crippen LogP) is 4.36. The van der Waals surface area contributed by atoms with Crippen molar-refractivity contribution in [3.8, 4) is 0 Å². The fourth-order valence-electron chi connectivity index (χ4n) is 4.51. The molecule has 1 fully saturated rings. The van der Waals surface area contributed by atoms with Crippen molar-refractivity contribution in [3.63, 3.8) is 0 Å². The molecule has 0 aromatic heterocycles. The summed E-state index contributed by atoms with van der Waals surface area (Å²) in [4.78, 5) is 4.94. The van der Waals surface area contributed by atoms with E-state index in [9.17, 15) is 4.21 Å². The smallest absolute Gasteiger partial charge is 0.191 e. The second-order valence-electron chi connectivity index (χ2n) is 7.81. The van der Waals surface area contributed by atoms with Gasteiger partial charge in [-0.15, -0.1) is 24.0 Å². The van der Waals surface area contributed by atoms with Crippen LogP contribution in [-0.2, 0) is 17.2 Å². The third-order valence-corrected chi connectivity index (χ3v) is 7.67. The number of aliphatic imine (C=N–C) groups is 1. The molecular formula is C22H36IN3OS. The first-order valence-electron chi connectivity index (χ1n) is 10.7. The van der Waals surface area contributed by atoms with Gasteiger partial charge in [0.1, 0.15) is 0 Å². The average Bonchev–Trinajstić information content (AvgIpc) is 2.71. The third-order valence-electron chi connectivity index (χ3n) is 5.93. The van der Waals surface area contributed by atoms with E-state index in [1.807, 2.05) is 6.92 Å². The number of nitrogens with one attached hydrogen (secondary N) is 2. The Bertz CT molecular complexity index is 667. The largest absolute Gasteiger partial charge is 0.357 e. The van der Waals surface area contributed by atoms with Gasteiger partial charge in [0.2, 0.25) is 0 Å². The maximum atomic E-state index is 12.2. The van der Waals surface area contributed by atoms with Crippen LogP contribution in [0.2, 0.25) is 0 Å². The summed E-state index contributed by atoms with van der Waals surface area (Å²) in [6.07, 6.45) is 8.09. The topological polar surface area (TPSA) is 53.5 Å². The van der Waals surface area contributed by atoms with Crippen LogP contribution < -0.4 is 10.6 Å². The predicted molar refractivity (Wildman–Crippen MR) is 131 cm³/mol. The molecule has 4 unspecified atom stereocenters. The lowest BCUT2D eigenvalue weighted by Crippen LogP contribution is -2.46. The molecule has 0 amide bonds. The van der Waals surface area contributed by atoms with Gasteiger partial charge in [-0.1, -0.05) is 37.6 Å². The van der Waals surface area contributed by atoms with Crippen LogP contribution in [0.15, 0.2) is 29.3 Å². The molecular weight excluding hydrogens is 481 g/mol. The summed E-state index contributed by atoms with van der Waals surface area (Å²) in [7, 11) is -0.685. The summed E-state index contributed by atoms with van der Waals surface area (Å²) >= 11 is 0. The minimum Gasteiger partial charge on any atom is -0.357 e. The van der Waals surface area contributed by atoms with Crippen molar-refractivity contribution in [2.75, 3.05) is 18.8 Å². The highest BCUT2D eigenvalue weighted by Gasteiger charge is 2.26. The first-order valence-corrected chi connectivity index (χ1v) is 12.1. The van der Waals surface area contributed by atoms with Gasteiger partial charge in [0, 0.05) is 46.9 Å². The van der Waals surface area contributed by atoms with E-state index >= 15 is 0 Å². The van der Waals surface area contributed by atoms with Crippen molar-refractivity contribution < 1.29 is 4.21 Å². The van der Waals surface area contributed by atoms with Crippen LogP contribution in [-0.4, -0.2) is 40.3 Å². The van der Waals surface area contributed by atoms with E-state index < -0.39 is 10.8 Å². The number of guanidine groups is 1. The number of aryl methyl sites for hydroxylation is 1. The van der Waals surface area contributed by atoms with Crippen molar-refractivity contribution in [1.29, 1.82) is 0 Å². The summed E-state index contributed by atoms with van der Waals surface area (Å²) < 4.78 is 12.2. The zero-order valence-electron chi connectivity index (χ0n) is 17.3. The maximum Gasteiger partial charge on any atom is 0.191 e.